The third kappa shape index (κ3) is 9.26. The molecule has 0 aliphatic carbocycles. The van der Waals surface area contributed by atoms with Gasteiger partial charge in [-0.05, 0) is 48.0 Å². The summed E-state index contributed by atoms with van der Waals surface area (Å²) in [4.78, 5) is 11.7. The molecule has 0 aliphatic rings. The Morgan fingerprint density at radius 3 is 2.09 bits per heavy atom. The molecule has 1 atom stereocenters. The zero-order chi connectivity index (χ0) is 17.6. The van der Waals surface area contributed by atoms with E-state index in [4.69, 9.17) is 14.2 Å². The van der Waals surface area contributed by atoms with Crippen LogP contribution in [-0.4, -0.2) is 41.3 Å². The second kappa shape index (κ2) is 8.16. The van der Waals surface area contributed by atoms with Crippen LogP contribution in [0.4, 0.5) is 4.79 Å². The van der Waals surface area contributed by atoms with Gasteiger partial charge in [0.1, 0.15) is 12.2 Å². The standard InChI is InChI=1S/C17H34O5/c1-9-15(3,4)21-11-10-16(5,6)22-14(18)20-12-13(2)17(7,8)19/h13,19H,9-12H2,1-8H3. The van der Waals surface area contributed by atoms with Gasteiger partial charge >= 0.3 is 6.16 Å². The van der Waals surface area contributed by atoms with Crippen molar-refractivity contribution in [2.45, 2.75) is 85.0 Å². The Bertz CT molecular complexity index is 341. The van der Waals surface area contributed by atoms with Crippen LogP contribution in [0.3, 0.4) is 0 Å². The highest BCUT2D eigenvalue weighted by Gasteiger charge is 2.28. The van der Waals surface area contributed by atoms with Crippen molar-refractivity contribution in [3.63, 3.8) is 0 Å². The Morgan fingerprint density at radius 1 is 1.09 bits per heavy atom. The zero-order valence-electron chi connectivity index (χ0n) is 15.5. The van der Waals surface area contributed by atoms with Gasteiger partial charge in [-0.2, -0.15) is 0 Å². The van der Waals surface area contributed by atoms with Gasteiger partial charge in [-0.1, -0.05) is 13.8 Å². The lowest BCUT2D eigenvalue weighted by atomic mass is 9.94. The van der Waals surface area contributed by atoms with Crippen LogP contribution < -0.4 is 0 Å². The summed E-state index contributed by atoms with van der Waals surface area (Å²) < 4.78 is 16.2. The van der Waals surface area contributed by atoms with Crippen molar-refractivity contribution in [1.82, 2.24) is 0 Å². The average Bonchev–Trinajstić information content (AvgIpc) is 2.33. The molecule has 1 unspecified atom stereocenters. The maximum Gasteiger partial charge on any atom is 0.508 e. The van der Waals surface area contributed by atoms with Crippen molar-refractivity contribution < 1.29 is 24.1 Å². The minimum atomic E-state index is -0.893. The van der Waals surface area contributed by atoms with E-state index < -0.39 is 17.4 Å². The smallest absolute Gasteiger partial charge is 0.434 e. The molecule has 5 nitrogen and oxygen atoms in total. The van der Waals surface area contributed by atoms with Gasteiger partial charge in [0, 0.05) is 12.3 Å². The van der Waals surface area contributed by atoms with Crippen LogP contribution in [0.5, 0.6) is 0 Å². The Balaban J connectivity index is 4.16. The first-order chi connectivity index (χ1) is 9.79. The molecular formula is C17H34O5. The quantitative estimate of drug-likeness (QED) is 0.653. The monoisotopic (exact) mass is 318 g/mol. The summed E-state index contributed by atoms with van der Waals surface area (Å²) in [5, 5.41) is 9.80. The van der Waals surface area contributed by atoms with Crippen molar-refractivity contribution in [3.05, 3.63) is 0 Å². The third-order valence-corrected chi connectivity index (χ3v) is 4.07. The second-order valence-corrected chi connectivity index (χ2v) is 7.69. The van der Waals surface area contributed by atoms with Gasteiger partial charge in [0.2, 0.25) is 0 Å². The van der Waals surface area contributed by atoms with E-state index in [1.165, 1.54) is 0 Å². The maximum absolute atomic E-state index is 11.7. The van der Waals surface area contributed by atoms with Crippen LogP contribution in [0.2, 0.25) is 0 Å². The molecule has 0 amide bonds. The second-order valence-electron chi connectivity index (χ2n) is 7.69. The highest BCUT2D eigenvalue weighted by Crippen LogP contribution is 2.21. The fourth-order valence-corrected chi connectivity index (χ4v) is 1.38. The van der Waals surface area contributed by atoms with E-state index in [1.54, 1.807) is 13.8 Å². The summed E-state index contributed by atoms with van der Waals surface area (Å²) in [6.45, 7) is 15.6. The lowest BCUT2D eigenvalue weighted by Gasteiger charge is -2.29. The molecule has 0 aromatic carbocycles. The molecule has 0 aliphatic heterocycles. The maximum atomic E-state index is 11.7. The molecular weight excluding hydrogens is 284 g/mol. The number of aliphatic hydroxyl groups is 1. The van der Waals surface area contributed by atoms with Gasteiger partial charge < -0.3 is 19.3 Å². The average molecular weight is 318 g/mol. The topological polar surface area (TPSA) is 65.0 Å². The van der Waals surface area contributed by atoms with Crippen molar-refractivity contribution in [3.8, 4) is 0 Å². The molecule has 22 heavy (non-hydrogen) atoms. The summed E-state index contributed by atoms with van der Waals surface area (Å²) in [7, 11) is 0. The van der Waals surface area contributed by atoms with Crippen molar-refractivity contribution >= 4 is 6.16 Å². The van der Waals surface area contributed by atoms with E-state index in [-0.39, 0.29) is 18.1 Å². The summed E-state index contributed by atoms with van der Waals surface area (Å²) in [6.07, 6.45) is 0.799. The fraction of sp³-hybridized carbons (Fsp3) is 0.941. The molecule has 0 saturated heterocycles. The summed E-state index contributed by atoms with van der Waals surface area (Å²) in [5.41, 5.74) is -1.72. The number of hydrogen-bond donors (Lipinski definition) is 1. The van der Waals surface area contributed by atoms with Gasteiger partial charge in [-0.15, -0.1) is 0 Å². The number of hydrogen-bond acceptors (Lipinski definition) is 5. The van der Waals surface area contributed by atoms with Crippen LogP contribution in [0.25, 0.3) is 0 Å². The van der Waals surface area contributed by atoms with E-state index in [2.05, 4.69) is 6.92 Å². The predicted octanol–water partition coefficient (Wildman–Crippen LogP) is 3.92. The first-order valence-corrected chi connectivity index (χ1v) is 8.01. The Hall–Kier alpha value is -0.810. The Morgan fingerprint density at radius 2 is 1.64 bits per heavy atom. The van der Waals surface area contributed by atoms with Crippen molar-refractivity contribution in [2.75, 3.05) is 13.2 Å². The van der Waals surface area contributed by atoms with E-state index >= 15 is 0 Å². The SMILES string of the molecule is CCC(C)(C)OCCC(C)(C)OC(=O)OCC(C)C(C)(C)O. The first-order valence-electron chi connectivity index (χ1n) is 8.01. The van der Waals surface area contributed by atoms with Crippen molar-refractivity contribution in [2.24, 2.45) is 5.92 Å². The fourth-order valence-electron chi connectivity index (χ4n) is 1.38. The molecule has 0 spiro atoms. The summed E-state index contributed by atoms with van der Waals surface area (Å²) in [6, 6.07) is 0. The minimum absolute atomic E-state index is 0.123. The number of carbonyl (C=O) groups is 1. The lowest BCUT2D eigenvalue weighted by molar-refractivity contribution is -0.0713. The van der Waals surface area contributed by atoms with Crippen molar-refractivity contribution in [1.29, 1.82) is 0 Å². The zero-order valence-corrected chi connectivity index (χ0v) is 15.5. The summed E-state index contributed by atoms with van der Waals surface area (Å²) >= 11 is 0. The third-order valence-electron chi connectivity index (χ3n) is 4.07. The molecule has 0 heterocycles. The van der Waals surface area contributed by atoms with Gasteiger partial charge in [-0.3, -0.25) is 0 Å². The summed E-state index contributed by atoms with van der Waals surface area (Å²) in [5.74, 6) is -0.170. The molecule has 1 N–H and O–H groups in total. The highest BCUT2D eigenvalue weighted by molar-refractivity contribution is 5.60. The number of rotatable bonds is 9. The van der Waals surface area contributed by atoms with Gasteiger partial charge in [-0.25, -0.2) is 4.79 Å². The molecule has 0 rings (SSSR count). The molecule has 0 radical (unpaired) electrons. The minimum Gasteiger partial charge on any atom is -0.434 e. The Labute approximate surface area is 135 Å². The van der Waals surface area contributed by atoms with Gasteiger partial charge in [0.25, 0.3) is 0 Å². The van der Waals surface area contributed by atoms with Crippen LogP contribution >= 0.6 is 0 Å². The molecule has 5 heteroatoms. The van der Waals surface area contributed by atoms with Crippen LogP contribution in [0.1, 0.15) is 68.2 Å². The molecule has 0 aromatic rings. The van der Waals surface area contributed by atoms with E-state index in [9.17, 15) is 9.90 Å². The van der Waals surface area contributed by atoms with Gasteiger partial charge in [0.15, 0.2) is 0 Å². The number of ether oxygens (including phenoxy) is 3. The molecule has 0 aromatic heterocycles. The molecule has 132 valence electrons. The highest BCUT2D eigenvalue weighted by atomic mass is 16.7. The van der Waals surface area contributed by atoms with E-state index in [0.717, 1.165) is 6.42 Å². The van der Waals surface area contributed by atoms with E-state index in [1.807, 2.05) is 34.6 Å². The normalized spacial score (nSPS) is 14.6. The Kier molecular flexibility index (Phi) is 7.86. The lowest BCUT2D eigenvalue weighted by Crippen LogP contribution is -2.35. The van der Waals surface area contributed by atoms with Crippen LogP contribution in [-0.2, 0) is 14.2 Å². The van der Waals surface area contributed by atoms with Gasteiger partial charge in [0.05, 0.1) is 17.8 Å². The first kappa shape index (κ1) is 21.2. The number of carbonyl (C=O) groups excluding carboxylic acids is 1. The molecule has 0 fully saturated rings. The van der Waals surface area contributed by atoms with Crippen LogP contribution in [0, 0.1) is 5.92 Å². The largest absolute Gasteiger partial charge is 0.508 e. The predicted molar refractivity (Wildman–Crippen MR) is 86.9 cm³/mol. The van der Waals surface area contributed by atoms with Crippen LogP contribution in [0.15, 0.2) is 0 Å². The molecule has 0 bridgehead atoms. The molecule has 0 saturated carbocycles. The van der Waals surface area contributed by atoms with E-state index in [0.29, 0.717) is 13.0 Å².